The van der Waals surface area contributed by atoms with Gasteiger partial charge in [-0.1, -0.05) is 292 Å². The fourth-order valence-electron chi connectivity index (χ4n) is 13.2. The molecule has 8 aromatic rings. The van der Waals surface area contributed by atoms with Crippen molar-refractivity contribution < 1.29 is 9.47 Å². The lowest BCUT2D eigenvalue weighted by Crippen LogP contribution is -1.97. The van der Waals surface area contributed by atoms with Gasteiger partial charge in [0.1, 0.15) is 11.5 Å². The summed E-state index contributed by atoms with van der Waals surface area (Å²) in [6.45, 7) is 8.28. The van der Waals surface area contributed by atoms with Crippen molar-refractivity contribution in [3.05, 3.63) is 156 Å². The van der Waals surface area contributed by atoms with E-state index in [0.29, 0.717) is 0 Å². The van der Waals surface area contributed by atoms with Crippen LogP contribution in [0.2, 0.25) is 0 Å². The van der Waals surface area contributed by atoms with Crippen LogP contribution in [0, 0.1) is 23.7 Å². The molecule has 0 saturated heterocycles. The first-order chi connectivity index (χ1) is 43.7. The van der Waals surface area contributed by atoms with Crippen LogP contribution in [0.1, 0.15) is 280 Å². The summed E-state index contributed by atoms with van der Waals surface area (Å²) in [5, 5.41) is 5.26. The van der Waals surface area contributed by atoms with Gasteiger partial charge in [-0.25, -0.2) is 0 Å². The third-order valence-corrected chi connectivity index (χ3v) is 18.5. The minimum Gasteiger partial charge on any atom is -0.494 e. The molecule has 0 bridgehead atoms. The predicted octanol–water partition coefficient (Wildman–Crippen LogP) is 25.0. The highest BCUT2D eigenvalue weighted by Gasteiger charge is 2.13. The molecule has 0 fully saturated rings. The Balaban J connectivity index is 0.629. The molecule has 6 aromatic carbocycles. The standard InChI is InChI=1S/C84H112N2O2/c1-3-5-7-9-11-13-15-17-19-21-25-29-33-41-65-85-81-47-39-37-45-77(81)79-69-73(57-63-83(79)85)51-49-71-53-59-75(60-54-71)87-67-43-35-31-27-23-24-28-32-36-44-68-88-76-61-55-72(56-62-76)50-52-74-58-64-84-80(70-74)78-46-38-40-48-82(78)86(84)66-42-34-30-26-22-20-18-16-14-12-10-8-6-4-2/h37-40,45-48,53-64,69-70H,3-36,41-44,65-68H2,1-2H3. The normalized spacial score (nSPS) is 11.4. The SMILES string of the molecule is CCCCCCCCCCCCCCCCn1c2ccccc2c2cc(C#Cc3ccc(OCCCCCCCCCCCCOc4ccc(C#Cc5ccc6c(c5)c5ccccc5n6CCCCCCCCCCCCCCCC)cc4)cc3)ccc21. The third-order valence-electron chi connectivity index (χ3n) is 18.5. The summed E-state index contributed by atoms with van der Waals surface area (Å²) in [6, 6.07) is 48.0. The number of para-hydroxylation sites is 2. The number of nitrogens with zero attached hydrogens (tertiary/aromatic N) is 2. The molecule has 4 nitrogen and oxygen atoms in total. The Morgan fingerprint density at radius 2 is 0.511 bits per heavy atom. The number of hydrogen-bond acceptors (Lipinski definition) is 2. The zero-order chi connectivity index (χ0) is 60.7. The topological polar surface area (TPSA) is 28.3 Å². The molecule has 0 saturated carbocycles. The zero-order valence-electron chi connectivity index (χ0n) is 55.1. The first kappa shape index (κ1) is 67.6. The summed E-state index contributed by atoms with van der Waals surface area (Å²) < 4.78 is 17.3. The summed E-state index contributed by atoms with van der Waals surface area (Å²) in [7, 11) is 0. The molecule has 0 radical (unpaired) electrons. The molecule has 4 heteroatoms. The van der Waals surface area contributed by atoms with Crippen molar-refractivity contribution in [1.29, 1.82) is 0 Å². The van der Waals surface area contributed by atoms with E-state index >= 15 is 0 Å². The van der Waals surface area contributed by atoms with E-state index in [1.807, 2.05) is 0 Å². The highest BCUT2D eigenvalue weighted by Crippen LogP contribution is 2.32. The predicted molar refractivity (Wildman–Crippen MR) is 382 cm³/mol. The smallest absolute Gasteiger partial charge is 0.119 e. The highest BCUT2D eigenvalue weighted by atomic mass is 16.5. The van der Waals surface area contributed by atoms with E-state index in [2.05, 4.69) is 180 Å². The van der Waals surface area contributed by atoms with Crippen LogP contribution in [0.25, 0.3) is 43.6 Å². The number of hydrogen-bond donors (Lipinski definition) is 0. The second-order valence-electron chi connectivity index (χ2n) is 25.8. The van der Waals surface area contributed by atoms with Crippen molar-refractivity contribution in [2.24, 2.45) is 0 Å². The number of benzene rings is 6. The number of aryl methyl sites for hydroxylation is 2. The minimum absolute atomic E-state index is 0.767. The average Bonchev–Trinajstić information content (AvgIpc) is 1.76. The molecule has 0 spiro atoms. The lowest BCUT2D eigenvalue weighted by Gasteiger charge is -2.08. The van der Waals surface area contributed by atoms with Crippen LogP contribution in [0.5, 0.6) is 11.5 Å². The number of unbranched alkanes of at least 4 members (excludes halogenated alkanes) is 35. The number of ether oxygens (including phenoxy) is 2. The molecular weight excluding hydrogens is 1070 g/mol. The van der Waals surface area contributed by atoms with Crippen LogP contribution in [-0.2, 0) is 13.1 Å². The van der Waals surface area contributed by atoms with E-state index in [1.54, 1.807) is 0 Å². The molecule has 0 amide bonds. The molecule has 0 atom stereocenters. The molecular formula is C84H112N2O2. The zero-order valence-corrected chi connectivity index (χ0v) is 55.1. The number of rotatable bonds is 45. The van der Waals surface area contributed by atoms with Crippen LogP contribution in [0.3, 0.4) is 0 Å². The van der Waals surface area contributed by atoms with Gasteiger partial charge in [-0.15, -0.1) is 0 Å². The van der Waals surface area contributed by atoms with Crippen molar-refractivity contribution in [2.45, 2.75) is 271 Å². The largest absolute Gasteiger partial charge is 0.494 e. The molecule has 8 rings (SSSR count). The van der Waals surface area contributed by atoms with Crippen LogP contribution in [0.4, 0.5) is 0 Å². The maximum Gasteiger partial charge on any atom is 0.119 e. The van der Waals surface area contributed by atoms with Gasteiger partial charge in [0.2, 0.25) is 0 Å². The van der Waals surface area contributed by atoms with E-state index in [0.717, 1.165) is 72.9 Å². The first-order valence-corrected chi connectivity index (χ1v) is 36.2. The average molecular weight is 1180 g/mol. The number of aromatic nitrogens is 2. The summed E-state index contributed by atoms with van der Waals surface area (Å²) >= 11 is 0. The monoisotopic (exact) mass is 1180 g/mol. The molecule has 2 heterocycles. The Kier molecular flexibility index (Phi) is 31.5. The molecule has 0 aliphatic rings. The number of fused-ring (bicyclic) bond motifs is 6. The minimum atomic E-state index is 0.767. The van der Waals surface area contributed by atoms with E-state index in [9.17, 15) is 0 Å². The van der Waals surface area contributed by atoms with Gasteiger partial charge in [0.25, 0.3) is 0 Å². The molecule has 2 aromatic heterocycles. The Labute approximate surface area is 534 Å². The van der Waals surface area contributed by atoms with Crippen LogP contribution < -0.4 is 9.47 Å². The Morgan fingerprint density at radius 1 is 0.250 bits per heavy atom. The van der Waals surface area contributed by atoms with E-state index in [-0.39, 0.29) is 0 Å². The van der Waals surface area contributed by atoms with Crippen molar-refractivity contribution in [1.82, 2.24) is 9.13 Å². The van der Waals surface area contributed by atoms with Gasteiger partial charge in [0, 0.05) is 79.0 Å². The fraction of sp³-hybridized carbons (Fsp3) is 0.524. The second-order valence-corrected chi connectivity index (χ2v) is 25.8. The second kappa shape index (κ2) is 41.0. The summed E-state index contributed by atoms with van der Waals surface area (Å²) in [4.78, 5) is 0. The van der Waals surface area contributed by atoms with Crippen molar-refractivity contribution in [2.75, 3.05) is 13.2 Å². The quantitative estimate of drug-likeness (QED) is 0.0281. The fourth-order valence-corrected chi connectivity index (χ4v) is 13.2. The summed E-state index contributed by atoms with van der Waals surface area (Å²) in [6.07, 6.45) is 51.4. The van der Waals surface area contributed by atoms with Gasteiger partial charge in [0.05, 0.1) is 13.2 Å². The van der Waals surface area contributed by atoms with Gasteiger partial charge in [0.15, 0.2) is 0 Å². The van der Waals surface area contributed by atoms with Gasteiger partial charge in [-0.05, 0) is 123 Å². The lowest BCUT2D eigenvalue weighted by molar-refractivity contribution is 0.303. The molecule has 0 N–H and O–H groups in total. The Bertz CT molecular complexity index is 3090. The van der Waals surface area contributed by atoms with Gasteiger partial charge < -0.3 is 18.6 Å². The van der Waals surface area contributed by atoms with Crippen molar-refractivity contribution >= 4 is 43.6 Å². The molecule has 0 aliphatic carbocycles. The van der Waals surface area contributed by atoms with Crippen molar-refractivity contribution in [3.8, 4) is 35.2 Å². The lowest BCUT2D eigenvalue weighted by atomic mass is 10.0. The van der Waals surface area contributed by atoms with Crippen LogP contribution in [0.15, 0.2) is 133 Å². The van der Waals surface area contributed by atoms with E-state index < -0.39 is 0 Å². The highest BCUT2D eigenvalue weighted by molar-refractivity contribution is 6.09. The van der Waals surface area contributed by atoms with Gasteiger partial charge >= 0.3 is 0 Å². The molecule has 0 aliphatic heterocycles. The summed E-state index contributed by atoms with van der Waals surface area (Å²) in [5.74, 6) is 15.6. The van der Waals surface area contributed by atoms with E-state index in [4.69, 9.17) is 9.47 Å². The maximum absolute atomic E-state index is 6.13. The first-order valence-electron chi connectivity index (χ1n) is 36.2. The molecule has 88 heavy (non-hydrogen) atoms. The Morgan fingerprint density at radius 3 is 0.841 bits per heavy atom. The third kappa shape index (κ3) is 23.5. The molecule has 0 unspecified atom stereocenters. The van der Waals surface area contributed by atoms with Gasteiger partial charge in [-0.2, -0.15) is 0 Å². The van der Waals surface area contributed by atoms with E-state index in [1.165, 1.54) is 275 Å². The van der Waals surface area contributed by atoms with Crippen LogP contribution in [-0.4, -0.2) is 22.3 Å². The Hall–Kier alpha value is -6.36. The molecule has 470 valence electrons. The summed E-state index contributed by atoms with van der Waals surface area (Å²) in [5.41, 5.74) is 9.46. The van der Waals surface area contributed by atoms with Gasteiger partial charge in [-0.3, -0.25) is 0 Å². The van der Waals surface area contributed by atoms with Crippen molar-refractivity contribution in [3.63, 3.8) is 0 Å². The maximum atomic E-state index is 6.13. The van der Waals surface area contributed by atoms with Crippen LogP contribution >= 0.6 is 0 Å².